The van der Waals surface area contributed by atoms with E-state index in [0.717, 1.165) is 16.3 Å². The molecule has 5 nitrogen and oxygen atoms in total. The van der Waals surface area contributed by atoms with Gasteiger partial charge in [0.1, 0.15) is 5.75 Å². The molecule has 0 spiro atoms. The second-order valence-corrected chi connectivity index (χ2v) is 4.94. The van der Waals surface area contributed by atoms with Crippen molar-refractivity contribution in [1.82, 2.24) is 5.43 Å². The van der Waals surface area contributed by atoms with Crippen molar-refractivity contribution in [3.05, 3.63) is 18.2 Å². The van der Waals surface area contributed by atoms with Crippen LogP contribution in [0.25, 0.3) is 0 Å². The molecule has 17 heavy (non-hydrogen) atoms. The maximum Gasteiger partial charge on any atom is 0.272 e. The first kappa shape index (κ1) is 10.7. The van der Waals surface area contributed by atoms with Crippen LogP contribution >= 0.6 is 23.4 Å². The molecule has 88 valence electrons. The number of anilines is 1. The van der Waals surface area contributed by atoms with E-state index in [1.165, 1.54) is 16.7 Å². The number of carbonyl (C=O) groups excluding carboxylic acids is 1. The first-order valence-electron chi connectivity index (χ1n) is 4.88. The number of hydrogen-bond acceptors (Lipinski definition) is 5. The second-order valence-electron chi connectivity index (χ2n) is 3.50. The van der Waals surface area contributed by atoms with E-state index in [1.807, 2.05) is 12.1 Å². The molecule has 1 N–H and O–H groups in total. The number of ether oxygens (including phenoxy) is 1. The zero-order valence-corrected chi connectivity index (χ0v) is 10.4. The number of alkyl halides is 1. The van der Waals surface area contributed by atoms with Gasteiger partial charge in [0.25, 0.3) is 5.91 Å². The van der Waals surface area contributed by atoms with Crippen LogP contribution in [0, 0.1) is 0 Å². The zero-order chi connectivity index (χ0) is 12.0. The van der Waals surface area contributed by atoms with Crippen LogP contribution < -0.4 is 15.1 Å². The van der Waals surface area contributed by atoms with Gasteiger partial charge in [-0.05, 0) is 30.0 Å². The number of amides is 1. The van der Waals surface area contributed by atoms with E-state index < -0.39 is 5.50 Å². The van der Waals surface area contributed by atoms with E-state index in [9.17, 15) is 4.79 Å². The Labute approximate surface area is 107 Å². The predicted octanol–water partition coefficient (Wildman–Crippen LogP) is 1.57. The van der Waals surface area contributed by atoms with Gasteiger partial charge >= 0.3 is 0 Å². The van der Waals surface area contributed by atoms with Crippen molar-refractivity contribution in [2.45, 2.75) is 10.4 Å². The highest BCUT2D eigenvalue weighted by atomic mass is 35.5. The molecule has 0 saturated heterocycles. The molecule has 0 radical (unpaired) electrons. The Morgan fingerprint density at radius 3 is 3.18 bits per heavy atom. The quantitative estimate of drug-likeness (QED) is 0.621. The Balaban J connectivity index is 2.08. The summed E-state index contributed by atoms with van der Waals surface area (Å²) in [6.45, 7) is 0. The number of benzene rings is 1. The van der Waals surface area contributed by atoms with Gasteiger partial charge in [-0.1, -0.05) is 11.6 Å². The van der Waals surface area contributed by atoms with Crippen molar-refractivity contribution < 1.29 is 9.53 Å². The van der Waals surface area contributed by atoms with Gasteiger partial charge in [-0.15, -0.1) is 0 Å². The minimum Gasteiger partial charge on any atom is -0.497 e. The van der Waals surface area contributed by atoms with E-state index >= 15 is 0 Å². The van der Waals surface area contributed by atoms with Gasteiger partial charge in [0.2, 0.25) is 0 Å². The molecule has 0 aliphatic carbocycles. The number of carbonyl (C=O) groups is 1. The number of hydrazone groups is 1. The highest BCUT2D eigenvalue weighted by molar-refractivity contribution is 8.15. The number of thioether (sulfide) groups is 1. The van der Waals surface area contributed by atoms with Crippen LogP contribution in [-0.2, 0) is 4.79 Å². The SMILES string of the molecule is COc1ccc2c(c1)SC1=NNC(Cl)C(=O)N12. The number of nitrogens with one attached hydrogen (secondary N) is 1. The molecule has 0 bridgehead atoms. The van der Waals surface area contributed by atoms with Crippen LogP contribution in [0.5, 0.6) is 5.75 Å². The van der Waals surface area contributed by atoms with Crippen LogP contribution in [-0.4, -0.2) is 23.7 Å². The Hall–Kier alpha value is -1.40. The lowest BCUT2D eigenvalue weighted by atomic mass is 10.2. The van der Waals surface area contributed by atoms with Crippen molar-refractivity contribution in [3.63, 3.8) is 0 Å². The summed E-state index contributed by atoms with van der Waals surface area (Å²) >= 11 is 7.22. The molecular formula is C10H8ClN3O2S. The van der Waals surface area contributed by atoms with Gasteiger partial charge in [0.05, 0.1) is 12.8 Å². The number of amidine groups is 1. The Morgan fingerprint density at radius 1 is 1.59 bits per heavy atom. The zero-order valence-electron chi connectivity index (χ0n) is 8.81. The monoisotopic (exact) mass is 269 g/mol. The fraction of sp³-hybridized carbons (Fsp3) is 0.200. The lowest BCUT2D eigenvalue weighted by molar-refractivity contribution is -0.118. The lowest BCUT2D eigenvalue weighted by Crippen LogP contribution is -2.48. The van der Waals surface area contributed by atoms with Crippen LogP contribution in [0.2, 0.25) is 0 Å². The smallest absolute Gasteiger partial charge is 0.272 e. The van der Waals surface area contributed by atoms with E-state index in [-0.39, 0.29) is 5.91 Å². The summed E-state index contributed by atoms with van der Waals surface area (Å²) in [5.74, 6) is 0.535. The minimum absolute atomic E-state index is 0.215. The second kappa shape index (κ2) is 3.82. The molecule has 0 saturated carbocycles. The number of nitrogens with zero attached hydrogens (tertiary/aromatic N) is 2. The van der Waals surface area contributed by atoms with Gasteiger partial charge in [0.15, 0.2) is 10.7 Å². The van der Waals surface area contributed by atoms with Crippen molar-refractivity contribution in [1.29, 1.82) is 0 Å². The van der Waals surface area contributed by atoms with E-state index in [2.05, 4.69) is 10.5 Å². The molecule has 1 unspecified atom stereocenters. The van der Waals surface area contributed by atoms with Crippen molar-refractivity contribution in [3.8, 4) is 5.75 Å². The first-order chi connectivity index (χ1) is 8.20. The van der Waals surface area contributed by atoms with Crippen LogP contribution in [0.15, 0.2) is 28.2 Å². The number of halogens is 1. The normalized spacial score (nSPS) is 21.5. The lowest BCUT2D eigenvalue weighted by Gasteiger charge is -2.24. The minimum atomic E-state index is -0.813. The van der Waals surface area contributed by atoms with Gasteiger partial charge in [-0.25, -0.2) is 0 Å². The molecule has 3 rings (SSSR count). The average Bonchev–Trinajstić information content (AvgIpc) is 2.71. The highest BCUT2D eigenvalue weighted by Gasteiger charge is 2.38. The predicted molar refractivity (Wildman–Crippen MR) is 66.5 cm³/mol. The van der Waals surface area contributed by atoms with E-state index in [1.54, 1.807) is 13.2 Å². The molecule has 1 aromatic carbocycles. The topological polar surface area (TPSA) is 53.9 Å². The van der Waals surface area contributed by atoms with Gasteiger partial charge in [0, 0.05) is 4.90 Å². The van der Waals surface area contributed by atoms with E-state index in [0.29, 0.717) is 5.17 Å². The Morgan fingerprint density at radius 2 is 2.41 bits per heavy atom. The Bertz CT molecular complexity index is 534. The molecule has 2 aliphatic heterocycles. The average molecular weight is 270 g/mol. The Kier molecular flexibility index (Phi) is 2.41. The van der Waals surface area contributed by atoms with Crippen molar-refractivity contribution in [2.24, 2.45) is 5.10 Å². The highest BCUT2D eigenvalue weighted by Crippen LogP contribution is 2.43. The van der Waals surface area contributed by atoms with Crippen LogP contribution in [0.1, 0.15) is 0 Å². The fourth-order valence-corrected chi connectivity index (χ4v) is 2.86. The maximum absolute atomic E-state index is 11.9. The number of methoxy groups -OCH3 is 1. The number of hydrogen-bond donors (Lipinski definition) is 1. The molecular weight excluding hydrogens is 262 g/mol. The van der Waals surface area contributed by atoms with Gasteiger partial charge < -0.3 is 4.74 Å². The summed E-state index contributed by atoms with van der Waals surface area (Å²) < 4.78 is 5.14. The summed E-state index contributed by atoms with van der Waals surface area (Å²) in [7, 11) is 1.60. The molecule has 2 heterocycles. The molecule has 0 aromatic heterocycles. The summed E-state index contributed by atoms with van der Waals surface area (Å²) in [6.07, 6.45) is 0. The van der Waals surface area contributed by atoms with Crippen LogP contribution in [0.3, 0.4) is 0 Å². The van der Waals surface area contributed by atoms with Crippen molar-refractivity contribution >= 4 is 40.1 Å². The molecule has 0 fully saturated rings. The molecule has 2 aliphatic rings. The molecule has 1 aromatic rings. The number of rotatable bonds is 1. The molecule has 1 amide bonds. The maximum atomic E-state index is 11.9. The van der Waals surface area contributed by atoms with Crippen molar-refractivity contribution in [2.75, 3.05) is 12.0 Å². The third-order valence-electron chi connectivity index (χ3n) is 2.51. The van der Waals surface area contributed by atoms with Gasteiger partial charge in [-0.3, -0.25) is 15.1 Å². The first-order valence-corrected chi connectivity index (χ1v) is 6.13. The van der Waals surface area contributed by atoms with Gasteiger partial charge in [-0.2, -0.15) is 5.10 Å². The summed E-state index contributed by atoms with van der Waals surface area (Å²) in [5.41, 5.74) is 2.56. The fourth-order valence-electron chi connectivity index (χ4n) is 1.70. The molecule has 1 atom stereocenters. The largest absolute Gasteiger partial charge is 0.497 e. The third-order valence-corrected chi connectivity index (χ3v) is 3.80. The number of fused-ring (bicyclic) bond motifs is 3. The molecule has 7 heteroatoms. The summed E-state index contributed by atoms with van der Waals surface area (Å²) in [5, 5.41) is 4.65. The van der Waals surface area contributed by atoms with Crippen LogP contribution in [0.4, 0.5) is 5.69 Å². The summed E-state index contributed by atoms with van der Waals surface area (Å²) in [4.78, 5) is 14.4. The standard InChI is InChI=1S/C10H8ClN3O2S/c1-16-5-2-3-6-7(4-5)17-10-13-12-8(11)9(15)14(6)10/h2-4,8,12H,1H3. The van der Waals surface area contributed by atoms with E-state index in [4.69, 9.17) is 16.3 Å². The third kappa shape index (κ3) is 1.56. The summed E-state index contributed by atoms with van der Waals surface area (Å²) in [6, 6.07) is 5.51.